The summed E-state index contributed by atoms with van der Waals surface area (Å²) in [6, 6.07) is 12.8. The lowest BCUT2D eigenvalue weighted by molar-refractivity contribution is -0.137. The summed E-state index contributed by atoms with van der Waals surface area (Å²) < 4.78 is 9.75. The van der Waals surface area contributed by atoms with Crippen molar-refractivity contribution in [3.8, 4) is 11.1 Å². The number of hydrogen-bond acceptors (Lipinski definition) is 4. The zero-order chi connectivity index (χ0) is 21.2. The summed E-state index contributed by atoms with van der Waals surface area (Å²) in [5.41, 5.74) is 2.87. The highest BCUT2D eigenvalue weighted by atomic mass is 35.5. The first kappa shape index (κ1) is 22.9. The van der Waals surface area contributed by atoms with Gasteiger partial charge in [0.1, 0.15) is 6.61 Å². The molecule has 0 aliphatic heterocycles. The van der Waals surface area contributed by atoms with Crippen molar-refractivity contribution >= 4 is 35.1 Å². The zero-order valence-corrected chi connectivity index (χ0v) is 17.8. The number of ether oxygens (including phenoxy) is 2. The highest BCUT2D eigenvalue weighted by Gasteiger charge is 2.12. The monoisotopic (exact) mass is 435 g/mol. The Bertz CT molecular complexity index is 845. The van der Waals surface area contributed by atoms with Crippen molar-refractivity contribution in [2.75, 3.05) is 20.3 Å². The van der Waals surface area contributed by atoms with E-state index in [1.807, 2.05) is 36.4 Å². The van der Waals surface area contributed by atoms with Crippen molar-refractivity contribution in [3.05, 3.63) is 70.2 Å². The van der Waals surface area contributed by atoms with Gasteiger partial charge in [-0.05, 0) is 48.2 Å². The Morgan fingerprint density at radius 2 is 1.72 bits per heavy atom. The molecular formula is C22H23Cl2NO4. The third-order valence-electron chi connectivity index (χ3n) is 3.98. The Hall–Kier alpha value is -2.34. The summed E-state index contributed by atoms with van der Waals surface area (Å²) in [6.45, 7) is 1.97. The smallest absolute Gasteiger partial charge is 0.330 e. The fourth-order valence-electron chi connectivity index (χ4n) is 2.74. The third-order valence-corrected chi connectivity index (χ3v) is 4.41. The minimum Gasteiger partial charge on any atom is -0.463 e. The lowest BCUT2D eigenvalue weighted by Gasteiger charge is -2.15. The molecule has 1 unspecified atom stereocenters. The van der Waals surface area contributed by atoms with E-state index >= 15 is 0 Å². The first-order chi connectivity index (χ1) is 13.9. The van der Waals surface area contributed by atoms with Crippen LogP contribution in [0.15, 0.2) is 54.6 Å². The van der Waals surface area contributed by atoms with Crippen molar-refractivity contribution in [1.82, 2.24) is 5.32 Å². The maximum absolute atomic E-state index is 11.9. The highest BCUT2D eigenvalue weighted by Crippen LogP contribution is 2.27. The Labute approximate surface area is 180 Å². The summed E-state index contributed by atoms with van der Waals surface area (Å²) in [5.74, 6) is -0.720. The summed E-state index contributed by atoms with van der Waals surface area (Å²) in [4.78, 5) is 23.5. The van der Waals surface area contributed by atoms with Gasteiger partial charge in [-0.1, -0.05) is 53.5 Å². The van der Waals surface area contributed by atoms with Crippen molar-refractivity contribution < 1.29 is 19.1 Å². The molecule has 0 radical (unpaired) electrons. The van der Waals surface area contributed by atoms with Crippen LogP contribution in [0.1, 0.15) is 12.5 Å². The highest BCUT2D eigenvalue weighted by molar-refractivity contribution is 6.35. The van der Waals surface area contributed by atoms with Gasteiger partial charge in [0, 0.05) is 23.2 Å². The Morgan fingerprint density at radius 3 is 2.31 bits per heavy atom. The van der Waals surface area contributed by atoms with Gasteiger partial charge in [-0.25, -0.2) is 4.79 Å². The standard InChI is InChI=1S/C22H23Cl2NO4/c1-3-29-22(27)9-8-20(25-21(26)14-28-2)10-15-4-6-16(7-5-15)17-11-18(23)13-19(24)12-17/h4-9,11-13,20H,3,10,14H2,1-2H3,(H,25,26)/b9-8+. The van der Waals surface area contributed by atoms with Crippen molar-refractivity contribution in [1.29, 1.82) is 0 Å². The molecule has 2 aromatic rings. The summed E-state index contributed by atoms with van der Waals surface area (Å²) in [6.07, 6.45) is 3.45. The first-order valence-electron chi connectivity index (χ1n) is 9.10. The second kappa shape index (κ2) is 11.6. The Balaban J connectivity index is 2.14. The third kappa shape index (κ3) is 7.89. The number of carbonyl (C=O) groups excluding carboxylic acids is 2. The number of methoxy groups -OCH3 is 1. The van der Waals surface area contributed by atoms with E-state index in [2.05, 4.69) is 5.32 Å². The second-order valence-corrected chi connectivity index (χ2v) is 7.15. The fourth-order valence-corrected chi connectivity index (χ4v) is 3.27. The second-order valence-electron chi connectivity index (χ2n) is 6.28. The number of esters is 1. The molecule has 1 amide bonds. The first-order valence-corrected chi connectivity index (χ1v) is 9.85. The van der Waals surface area contributed by atoms with E-state index in [0.717, 1.165) is 16.7 Å². The van der Waals surface area contributed by atoms with Gasteiger partial charge in [-0.15, -0.1) is 0 Å². The molecule has 7 heteroatoms. The summed E-state index contributed by atoms with van der Waals surface area (Å²) in [5, 5.41) is 3.97. The molecule has 29 heavy (non-hydrogen) atoms. The lowest BCUT2D eigenvalue weighted by Crippen LogP contribution is -2.37. The molecule has 2 rings (SSSR count). The quantitative estimate of drug-likeness (QED) is 0.466. The van der Waals surface area contributed by atoms with Gasteiger partial charge in [0.2, 0.25) is 5.91 Å². The number of halogens is 2. The van der Waals surface area contributed by atoms with Crippen LogP contribution >= 0.6 is 23.2 Å². The molecule has 0 heterocycles. The Kier molecular flexibility index (Phi) is 9.19. The van der Waals surface area contributed by atoms with E-state index in [9.17, 15) is 9.59 Å². The molecule has 0 aliphatic carbocycles. The van der Waals surface area contributed by atoms with Crippen LogP contribution in [0.3, 0.4) is 0 Å². The van der Waals surface area contributed by atoms with Crippen LogP contribution in [0.4, 0.5) is 0 Å². The maximum atomic E-state index is 11.9. The van der Waals surface area contributed by atoms with E-state index in [4.69, 9.17) is 32.7 Å². The van der Waals surface area contributed by atoms with Gasteiger partial charge < -0.3 is 14.8 Å². The maximum Gasteiger partial charge on any atom is 0.330 e. The van der Waals surface area contributed by atoms with Gasteiger partial charge >= 0.3 is 5.97 Å². The average Bonchev–Trinajstić information content (AvgIpc) is 2.66. The molecule has 1 atom stereocenters. The van der Waals surface area contributed by atoms with Crippen LogP contribution in [0, 0.1) is 0 Å². The summed E-state index contributed by atoms with van der Waals surface area (Å²) >= 11 is 12.2. The summed E-state index contributed by atoms with van der Waals surface area (Å²) in [7, 11) is 1.45. The molecule has 0 aromatic heterocycles. The SMILES string of the molecule is CCOC(=O)/C=C/C(Cc1ccc(-c2cc(Cl)cc(Cl)c2)cc1)NC(=O)COC. The van der Waals surface area contributed by atoms with E-state index in [-0.39, 0.29) is 18.6 Å². The Morgan fingerprint density at radius 1 is 1.07 bits per heavy atom. The predicted octanol–water partition coefficient (Wildman–Crippen LogP) is 4.45. The molecular weight excluding hydrogens is 413 g/mol. The van der Waals surface area contributed by atoms with E-state index < -0.39 is 5.97 Å². The van der Waals surface area contributed by atoms with Crippen molar-refractivity contribution in [2.24, 2.45) is 0 Å². The number of carbonyl (C=O) groups is 2. The van der Waals surface area contributed by atoms with Gasteiger partial charge in [-0.2, -0.15) is 0 Å². The van der Waals surface area contributed by atoms with E-state index in [0.29, 0.717) is 23.1 Å². The van der Waals surface area contributed by atoms with Crippen LogP contribution in [0.25, 0.3) is 11.1 Å². The number of nitrogens with one attached hydrogen (secondary N) is 1. The van der Waals surface area contributed by atoms with Crippen LogP contribution < -0.4 is 5.32 Å². The molecule has 0 aliphatic rings. The van der Waals surface area contributed by atoms with Gasteiger partial charge in [-0.3, -0.25) is 4.79 Å². The minimum absolute atomic E-state index is 0.0573. The van der Waals surface area contributed by atoms with Crippen molar-refractivity contribution in [2.45, 2.75) is 19.4 Å². The van der Waals surface area contributed by atoms with Crippen LogP contribution in [-0.4, -0.2) is 38.2 Å². The molecule has 2 aromatic carbocycles. The number of benzene rings is 2. The molecule has 0 bridgehead atoms. The molecule has 154 valence electrons. The molecule has 0 spiro atoms. The molecule has 5 nitrogen and oxygen atoms in total. The molecule has 0 saturated carbocycles. The fraction of sp³-hybridized carbons (Fsp3) is 0.273. The molecule has 1 N–H and O–H groups in total. The number of rotatable bonds is 9. The molecule has 0 saturated heterocycles. The largest absolute Gasteiger partial charge is 0.463 e. The number of amides is 1. The normalized spacial score (nSPS) is 12.0. The van der Waals surface area contributed by atoms with Crippen LogP contribution in [0.5, 0.6) is 0 Å². The average molecular weight is 436 g/mol. The van der Waals surface area contributed by atoms with E-state index in [1.165, 1.54) is 13.2 Å². The number of hydrogen-bond donors (Lipinski definition) is 1. The topological polar surface area (TPSA) is 64.6 Å². The van der Waals surface area contributed by atoms with Gasteiger partial charge in [0.25, 0.3) is 0 Å². The van der Waals surface area contributed by atoms with E-state index in [1.54, 1.807) is 19.1 Å². The van der Waals surface area contributed by atoms with Gasteiger partial charge in [0.05, 0.1) is 12.6 Å². The molecule has 0 fully saturated rings. The zero-order valence-electron chi connectivity index (χ0n) is 16.3. The van der Waals surface area contributed by atoms with Crippen molar-refractivity contribution in [3.63, 3.8) is 0 Å². The lowest BCUT2D eigenvalue weighted by atomic mass is 10.0. The predicted molar refractivity (Wildman–Crippen MR) is 115 cm³/mol. The van der Waals surface area contributed by atoms with Crippen LogP contribution in [-0.2, 0) is 25.5 Å². The van der Waals surface area contributed by atoms with Gasteiger partial charge in [0.15, 0.2) is 0 Å². The van der Waals surface area contributed by atoms with Crippen LogP contribution in [0.2, 0.25) is 10.0 Å². The minimum atomic E-state index is -0.452.